The molecule has 0 amide bonds. The van der Waals surface area contributed by atoms with E-state index >= 15 is 0 Å². The Balaban J connectivity index is 0.00000225. The summed E-state index contributed by atoms with van der Waals surface area (Å²) in [5.74, 6) is -0.452. The molecule has 0 saturated heterocycles. The van der Waals surface area contributed by atoms with Gasteiger partial charge in [-0.1, -0.05) is 0 Å². The fraction of sp³-hybridized carbons (Fsp3) is 0.333. The molecule has 1 rings (SSSR count). The van der Waals surface area contributed by atoms with E-state index in [2.05, 4.69) is 0 Å². The minimum absolute atomic E-state index is 0. The van der Waals surface area contributed by atoms with Gasteiger partial charge in [-0.15, -0.1) is 0 Å². The summed E-state index contributed by atoms with van der Waals surface area (Å²) in [6.45, 7) is -2.98. The van der Waals surface area contributed by atoms with E-state index in [-0.39, 0.29) is 57.9 Å². The number of rotatable bonds is 4. The van der Waals surface area contributed by atoms with E-state index in [0.717, 1.165) is 12.1 Å². The number of nitrogens with zero attached hydrogens (tertiary/aromatic N) is 1. The van der Waals surface area contributed by atoms with Crippen molar-refractivity contribution in [2.75, 3.05) is 17.9 Å². The van der Waals surface area contributed by atoms with Gasteiger partial charge in [-0.25, -0.2) is 4.39 Å². The van der Waals surface area contributed by atoms with Gasteiger partial charge in [0.1, 0.15) is 5.82 Å². The van der Waals surface area contributed by atoms with Gasteiger partial charge in [-0.3, -0.25) is 0 Å². The minimum Gasteiger partial charge on any atom is -0.448 e. The molecule has 0 heterocycles. The summed E-state index contributed by atoms with van der Waals surface area (Å²) in [4.78, 5) is 1.17. The predicted molar refractivity (Wildman–Crippen MR) is 53.4 cm³/mol. The Morgan fingerprint density at radius 1 is 1.12 bits per heavy atom. The molecule has 0 atom stereocenters. The van der Waals surface area contributed by atoms with Crippen molar-refractivity contribution in [1.29, 1.82) is 0 Å². The van der Waals surface area contributed by atoms with E-state index in [1.807, 2.05) is 0 Å². The van der Waals surface area contributed by atoms with E-state index in [9.17, 15) is 17.3 Å². The summed E-state index contributed by atoms with van der Waals surface area (Å²) >= 11 is 0. The summed E-state index contributed by atoms with van der Waals surface area (Å²) in [5, 5.41) is 0. The Bertz CT molecular complexity index is 314. The SMILES string of the molecule is CCN(C[B-](F)(F)F)c1ccc(F)cc1.[K+]. The maximum Gasteiger partial charge on any atom is 1.00 e. The van der Waals surface area contributed by atoms with Crippen LogP contribution in [0.2, 0.25) is 0 Å². The zero-order valence-corrected chi connectivity index (χ0v) is 12.4. The zero-order chi connectivity index (χ0) is 11.5. The normalized spacial score (nSPS) is 10.8. The summed E-state index contributed by atoms with van der Waals surface area (Å²) in [5.41, 5.74) is 0.387. The van der Waals surface area contributed by atoms with Crippen LogP contribution in [0.3, 0.4) is 0 Å². The molecule has 0 saturated carbocycles. The number of halogens is 4. The third-order valence-electron chi connectivity index (χ3n) is 2.00. The van der Waals surface area contributed by atoms with Crippen LogP contribution in [-0.4, -0.2) is 20.0 Å². The molecule has 0 N–H and O–H groups in total. The maximum atomic E-state index is 12.6. The topological polar surface area (TPSA) is 3.24 Å². The number of hydrogen-bond acceptors (Lipinski definition) is 1. The zero-order valence-electron chi connectivity index (χ0n) is 9.26. The average molecular weight is 259 g/mol. The first-order chi connectivity index (χ1) is 6.92. The van der Waals surface area contributed by atoms with Crippen LogP contribution in [0, 0.1) is 5.82 Å². The second kappa shape index (κ2) is 7.00. The van der Waals surface area contributed by atoms with Crippen molar-refractivity contribution in [3.63, 3.8) is 0 Å². The van der Waals surface area contributed by atoms with Crippen molar-refractivity contribution >= 4 is 12.7 Å². The third-order valence-corrected chi connectivity index (χ3v) is 2.00. The largest absolute Gasteiger partial charge is 1.00 e. The van der Waals surface area contributed by atoms with Gasteiger partial charge in [0.15, 0.2) is 0 Å². The molecule has 0 aromatic heterocycles. The van der Waals surface area contributed by atoms with Gasteiger partial charge in [0, 0.05) is 12.2 Å². The first-order valence-corrected chi connectivity index (χ1v) is 4.64. The van der Waals surface area contributed by atoms with Crippen molar-refractivity contribution in [3.8, 4) is 0 Å². The smallest absolute Gasteiger partial charge is 0.448 e. The van der Waals surface area contributed by atoms with Crippen LogP contribution in [0.1, 0.15) is 6.92 Å². The fourth-order valence-electron chi connectivity index (χ4n) is 1.32. The Kier molecular flexibility index (Phi) is 7.20. The molecule has 1 aromatic rings. The molecule has 1 aromatic carbocycles. The van der Waals surface area contributed by atoms with Gasteiger partial charge < -0.3 is 17.8 Å². The van der Waals surface area contributed by atoms with E-state index in [1.165, 1.54) is 17.0 Å². The van der Waals surface area contributed by atoms with Crippen LogP contribution in [0.25, 0.3) is 0 Å². The molecule has 0 aliphatic carbocycles. The first kappa shape index (κ1) is 16.4. The minimum atomic E-state index is -4.86. The first-order valence-electron chi connectivity index (χ1n) is 4.64. The Hall–Kier alpha value is 0.441. The molecule has 0 fully saturated rings. The van der Waals surface area contributed by atoms with Crippen molar-refractivity contribution in [2.45, 2.75) is 6.92 Å². The second-order valence-electron chi connectivity index (χ2n) is 3.23. The van der Waals surface area contributed by atoms with E-state index in [0.29, 0.717) is 5.69 Å². The Morgan fingerprint density at radius 3 is 2.00 bits per heavy atom. The second-order valence-corrected chi connectivity index (χ2v) is 3.23. The van der Waals surface area contributed by atoms with E-state index in [4.69, 9.17) is 0 Å². The van der Waals surface area contributed by atoms with Gasteiger partial charge in [0.05, 0.1) is 0 Å². The summed E-state index contributed by atoms with van der Waals surface area (Å²) < 4.78 is 49.2. The predicted octanol–water partition coefficient (Wildman–Crippen LogP) is 0.0426. The quantitative estimate of drug-likeness (QED) is 0.545. The molecule has 0 aliphatic rings. The van der Waals surface area contributed by atoms with Crippen LogP contribution in [0.5, 0.6) is 0 Å². The van der Waals surface area contributed by atoms with Crippen molar-refractivity contribution in [1.82, 2.24) is 0 Å². The molecular weight excluding hydrogens is 248 g/mol. The molecule has 16 heavy (non-hydrogen) atoms. The summed E-state index contributed by atoms with van der Waals surface area (Å²) in [7, 11) is 0. The van der Waals surface area contributed by atoms with E-state index < -0.39 is 19.2 Å². The molecule has 84 valence electrons. The molecule has 0 aliphatic heterocycles. The van der Waals surface area contributed by atoms with Crippen LogP contribution in [-0.2, 0) is 0 Å². The third kappa shape index (κ3) is 5.68. The van der Waals surface area contributed by atoms with E-state index in [1.54, 1.807) is 6.92 Å². The Morgan fingerprint density at radius 2 is 1.62 bits per heavy atom. The van der Waals surface area contributed by atoms with Crippen molar-refractivity contribution in [2.24, 2.45) is 0 Å². The Labute approximate surface area is 135 Å². The number of hydrogen-bond donors (Lipinski definition) is 0. The summed E-state index contributed by atoms with van der Waals surface area (Å²) in [6, 6.07) is 5.00. The molecule has 0 bridgehead atoms. The van der Waals surface area contributed by atoms with Crippen LogP contribution in [0.15, 0.2) is 24.3 Å². The van der Waals surface area contributed by atoms with Gasteiger partial charge in [0.2, 0.25) is 0 Å². The fourth-order valence-corrected chi connectivity index (χ4v) is 1.32. The molecule has 1 nitrogen and oxygen atoms in total. The number of anilines is 1. The summed E-state index contributed by atoms with van der Waals surface area (Å²) in [6.07, 6.45) is -0.956. The van der Waals surface area contributed by atoms with Gasteiger partial charge in [-0.2, -0.15) is 0 Å². The molecular formula is C9H11BF4KN. The molecule has 0 spiro atoms. The maximum absolute atomic E-state index is 12.6. The molecule has 0 unspecified atom stereocenters. The monoisotopic (exact) mass is 259 g/mol. The molecule has 0 radical (unpaired) electrons. The number of benzene rings is 1. The average Bonchev–Trinajstić information content (AvgIpc) is 2.14. The standard InChI is InChI=1S/C9H11BF4N.K/c1-2-15(7-10(12,13)14)9-5-3-8(11)4-6-9;/h3-6H,2,7H2,1H3;/q-1;+1. The van der Waals surface area contributed by atoms with Gasteiger partial charge >= 0.3 is 58.4 Å². The van der Waals surface area contributed by atoms with Crippen LogP contribution < -0.4 is 56.3 Å². The molecule has 7 heteroatoms. The van der Waals surface area contributed by atoms with Gasteiger partial charge in [0.25, 0.3) is 0 Å². The van der Waals surface area contributed by atoms with Crippen molar-refractivity contribution < 1.29 is 68.7 Å². The van der Waals surface area contributed by atoms with Crippen LogP contribution >= 0.6 is 0 Å². The van der Waals surface area contributed by atoms with Crippen molar-refractivity contribution in [3.05, 3.63) is 30.1 Å². The van der Waals surface area contributed by atoms with Gasteiger partial charge in [-0.05, 0) is 37.6 Å². The van der Waals surface area contributed by atoms with Crippen LogP contribution in [0.4, 0.5) is 23.0 Å².